The third kappa shape index (κ3) is 4.52. The van der Waals surface area contributed by atoms with E-state index in [2.05, 4.69) is 34.0 Å². The minimum atomic E-state index is -0.135. The fourth-order valence-corrected chi connectivity index (χ4v) is 4.97. The Hall–Kier alpha value is -3.33. The van der Waals surface area contributed by atoms with Crippen molar-refractivity contribution in [2.24, 2.45) is 5.73 Å². The Balaban J connectivity index is 1.69. The van der Waals surface area contributed by atoms with Crippen molar-refractivity contribution in [2.75, 3.05) is 18.1 Å². The standard InChI is InChI=1S/C27H32N6O2/c1-2-6-22(28)24-10-4-9-23(31-24)18-13-25(32-12-5-8-20(32)17-35)21-15-29-33(26(21)14-18)27-11-3-7-19(16-34)30-27/h3-4,7,9-11,13-15,20,22,34-35H,2,5-6,8,12,16-17,28H2,1H3. The minimum Gasteiger partial charge on any atom is -0.394 e. The summed E-state index contributed by atoms with van der Waals surface area (Å²) in [5, 5.41) is 25.3. The molecule has 8 heteroatoms. The van der Waals surface area contributed by atoms with E-state index >= 15 is 0 Å². The van der Waals surface area contributed by atoms with E-state index in [0.717, 1.165) is 65.8 Å². The molecule has 0 bridgehead atoms. The van der Waals surface area contributed by atoms with Crippen molar-refractivity contribution >= 4 is 16.6 Å². The average molecular weight is 473 g/mol. The minimum absolute atomic E-state index is 0.0740. The monoisotopic (exact) mass is 472 g/mol. The van der Waals surface area contributed by atoms with Crippen LogP contribution in [0.2, 0.25) is 0 Å². The van der Waals surface area contributed by atoms with Gasteiger partial charge in [0.15, 0.2) is 5.82 Å². The number of fused-ring (bicyclic) bond motifs is 1. The highest BCUT2D eigenvalue weighted by molar-refractivity contribution is 5.96. The molecule has 1 fully saturated rings. The number of nitrogens with two attached hydrogens (primary N) is 1. The van der Waals surface area contributed by atoms with Crippen molar-refractivity contribution in [1.82, 2.24) is 19.7 Å². The van der Waals surface area contributed by atoms with Gasteiger partial charge in [-0.15, -0.1) is 0 Å². The first-order chi connectivity index (χ1) is 17.1. The first-order valence-corrected chi connectivity index (χ1v) is 12.3. The van der Waals surface area contributed by atoms with Gasteiger partial charge in [0, 0.05) is 29.2 Å². The van der Waals surface area contributed by atoms with Gasteiger partial charge in [0.25, 0.3) is 0 Å². The van der Waals surface area contributed by atoms with Crippen molar-refractivity contribution in [3.63, 3.8) is 0 Å². The second-order valence-corrected chi connectivity index (χ2v) is 9.14. The number of aromatic nitrogens is 4. The highest BCUT2D eigenvalue weighted by atomic mass is 16.3. The first kappa shape index (κ1) is 23.4. The SMILES string of the molecule is CCCC(N)c1cccc(-c2cc(N3CCCC3CO)c3cnn(-c4cccc(CO)n4)c3c2)n1. The number of aliphatic hydroxyl groups excluding tert-OH is 2. The summed E-state index contributed by atoms with van der Waals surface area (Å²) in [5.41, 5.74) is 11.6. The van der Waals surface area contributed by atoms with Crippen LogP contribution in [-0.2, 0) is 6.61 Å². The zero-order valence-corrected chi connectivity index (χ0v) is 20.0. The largest absolute Gasteiger partial charge is 0.394 e. The lowest BCUT2D eigenvalue weighted by molar-refractivity contribution is 0.266. The van der Waals surface area contributed by atoms with Crippen molar-refractivity contribution in [2.45, 2.75) is 51.3 Å². The number of anilines is 1. The lowest BCUT2D eigenvalue weighted by Crippen LogP contribution is -2.32. The maximum Gasteiger partial charge on any atom is 0.154 e. The quantitative estimate of drug-likeness (QED) is 0.358. The molecule has 4 heterocycles. The van der Waals surface area contributed by atoms with E-state index in [9.17, 15) is 10.2 Å². The van der Waals surface area contributed by atoms with Crippen LogP contribution in [0.25, 0.3) is 28.0 Å². The maximum absolute atomic E-state index is 10.0. The van der Waals surface area contributed by atoms with Gasteiger partial charge in [-0.1, -0.05) is 25.5 Å². The molecule has 4 aromatic rings. The van der Waals surface area contributed by atoms with Crippen LogP contribution in [0.4, 0.5) is 5.69 Å². The van der Waals surface area contributed by atoms with Gasteiger partial charge in [-0.3, -0.25) is 4.98 Å². The summed E-state index contributed by atoms with van der Waals surface area (Å²) in [6.07, 6.45) is 5.72. The third-order valence-electron chi connectivity index (χ3n) is 6.78. The van der Waals surface area contributed by atoms with Crippen LogP contribution in [-0.4, -0.2) is 49.2 Å². The van der Waals surface area contributed by atoms with Gasteiger partial charge in [0.1, 0.15) is 0 Å². The number of nitrogens with zero attached hydrogens (tertiary/aromatic N) is 5. The van der Waals surface area contributed by atoms with Crippen LogP contribution in [0.5, 0.6) is 0 Å². The Morgan fingerprint density at radius 2 is 1.97 bits per heavy atom. The first-order valence-electron chi connectivity index (χ1n) is 12.3. The van der Waals surface area contributed by atoms with Crippen LogP contribution in [0.3, 0.4) is 0 Å². The molecule has 0 saturated carbocycles. The molecule has 2 atom stereocenters. The molecule has 0 spiro atoms. The molecule has 3 aromatic heterocycles. The van der Waals surface area contributed by atoms with Gasteiger partial charge in [-0.25, -0.2) is 9.67 Å². The zero-order valence-electron chi connectivity index (χ0n) is 20.0. The summed E-state index contributed by atoms with van der Waals surface area (Å²) in [6, 6.07) is 15.7. The molecule has 0 amide bonds. The van der Waals surface area contributed by atoms with E-state index in [-0.39, 0.29) is 25.3 Å². The van der Waals surface area contributed by atoms with E-state index in [0.29, 0.717) is 11.5 Å². The molecule has 1 aliphatic rings. The number of benzene rings is 1. The predicted molar refractivity (Wildman–Crippen MR) is 137 cm³/mol. The highest BCUT2D eigenvalue weighted by Crippen LogP contribution is 2.37. The Bertz CT molecular complexity index is 1320. The Labute approximate surface area is 205 Å². The van der Waals surface area contributed by atoms with E-state index in [4.69, 9.17) is 10.7 Å². The van der Waals surface area contributed by atoms with Gasteiger partial charge in [0.2, 0.25) is 0 Å². The molecule has 182 valence electrons. The number of rotatable bonds is 8. The predicted octanol–water partition coefficient (Wildman–Crippen LogP) is 3.74. The van der Waals surface area contributed by atoms with Crippen LogP contribution in [0.15, 0.2) is 54.7 Å². The van der Waals surface area contributed by atoms with Crippen LogP contribution in [0.1, 0.15) is 50.0 Å². The molecule has 1 aliphatic heterocycles. The third-order valence-corrected chi connectivity index (χ3v) is 6.78. The maximum atomic E-state index is 10.0. The van der Waals surface area contributed by atoms with Crippen molar-refractivity contribution in [1.29, 1.82) is 0 Å². The Morgan fingerprint density at radius 1 is 1.11 bits per heavy atom. The van der Waals surface area contributed by atoms with Crippen molar-refractivity contribution < 1.29 is 10.2 Å². The van der Waals surface area contributed by atoms with Gasteiger partial charge in [-0.05, 0) is 55.7 Å². The fraction of sp³-hybridized carbons (Fsp3) is 0.370. The van der Waals surface area contributed by atoms with Crippen LogP contribution < -0.4 is 10.6 Å². The molecular weight excluding hydrogens is 440 g/mol. The smallest absolute Gasteiger partial charge is 0.154 e. The van der Waals surface area contributed by atoms with Gasteiger partial charge < -0.3 is 20.8 Å². The molecule has 1 aromatic carbocycles. The molecule has 8 nitrogen and oxygen atoms in total. The molecule has 2 unspecified atom stereocenters. The topological polar surface area (TPSA) is 113 Å². The number of hydrogen-bond acceptors (Lipinski definition) is 7. The van der Waals surface area contributed by atoms with Crippen molar-refractivity contribution in [3.05, 3.63) is 66.1 Å². The molecule has 5 rings (SSSR count). The molecule has 4 N–H and O–H groups in total. The highest BCUT2D eigenvalue weighted by Gasteiger charge is 2.27. The normalized spacial score (nSPS) is 16.8. The van der Waals surface area contributed by atoms with Gasteiger partial charge >= 0.3 is 0 Å². The lowest BCUT2D eigenvalue weighted by Gasteiger charge is -2.26. The summed E-state index contributed by atoms with van der Waals surface area (Å²) >= 11 is 0. The van der Waals surface area contributed by atoms with E-state index in [1.807, 2.05) is 36.5 Å². The van der Waals surface area contributed by atoms with E-state index in [1.54, 1.807) is 10.7 Å². The van der Waals surface area contributed by atoms with E-state index < -0.39 is 0 Å². The van der Waals surface area contributed by atoms with Crippen molar-refractivity contribution in [3.8, 4) is 17.1 Å². The molecule has 0 radical (unpaired) electrons. The number of hydrogen-bond donors (Lipinski definition) is 3. The molecule has 0 aliphatic carbocycles. The fourth-order valence-electron chi connectivity index (χ4n) is 4.97. The van der Waals surface area contributed by atoms with Gasteiger partial charge in [-0.2, -0.15) is 5.10 Å². The van der Waals surface area contributed by atoms with E-state index in [1.165, 1.54) is 0 Å². The average Bonchev–Trinajstić information content (AvgIpc) is 3.55. The summed E-state index contributed by atoms with van der Waals surface area (Å²) in [6.45, 7) is 2.98. The number of aliphatic hydroxyl groups is 2. The van der Waals surface area contributed by atoms with Crippen LogP contribution >= 0.6 is 0 Å². The summed E-state index contributed by atoms with van der Waals surface area (Å²) in [7, 11) is 0. The molecule has 35 heavy (non-hydrogen) atoms. The van der Waals surface area contributed by atoms with Crippen LogP contribution in [0, 0.1) is 0 Å². The summed E-state index contributed by atoms with van der Waals surface area (Å²) in [4.78, 5) is 11.8. The second-order valence-electron chi connectivity index (χ2n) is 9.14. The summed E-state index contributed by atoms with van der Waals surface area (Å²) in [5.74, 6) is 0.640. The Morgan fingerprint density at radius 3 is 2.77 bits per heavy atom. The lowest BCUT2D eigenvalue weighted by atomic mass is 10.0. The second kappa shape index (κ2) is 10.1. The molecular formula is C27H32N6O2. The molecule has 1 saturated heterocycles. The number of pyridine rings is 2. The zero-order chi connectivity index (χ0) is 24.4. The van der Waals surface area contributed by atoms with Gasteiger partial charge in [0.05, 0.1) is 48.1 Å². The Kier molecular flexibility index (Phi) is 6.77. The summed E-state index contributed by atoms with van der Waals surface area (Å²) < 4.78 is 1.80.